The van der Waals surface area contributed by atoms with Crippen molar-refractivity contribution in [1.29, 1.82) is 0 Å². The van der Waals surface area contributed by atoms with E-state index in [1.165, 1.54) is 12.4 Å². The summed E-state index contributed by atoms with van der Waals surface area (Å²) in [6.07, 6.45) is 9.36. The number of amides is 1. The summed E-state index contributed by atoms with van der Waals surface area (Å²) in [5.41, 5.74) is 2.89. The molecule has 0 spiro atoms. The van der Waals surface area contributed by atoms with Crippen molar-refractivity contribution in [3.05, 3.63) is 57.1 Å². The van der Waals surface area contributed by atoms with Gasteiger partial charge in [-0.2, -0.15) is 0 Å². The number of pyridine rings is 1. The first kappa shape index (κ1) is 19.7. The van der Waals surface area contributed by atoms with Crippen LogP contribution in [0.2, 0.25) is 10.0 Å². The molecule has 2 heterocycles. The van der Waals surface area contributed by atoms with Crippen molar-refractivity contribution in [3.63, 3.8) is 0 Å². The van der Waals surface area contributed by atoms with Gasteiger partial charge in [0.05, 0.1) is 15.7 Å². The Hall–Kier alpha value is -2.04. The Kier molecular flexibility index (Phi) is 6.08. The fourth-order valence-electron chi connectivity index (χ4n) is 3.06. The monoisotopic (exact) mass is 404 g/mol. The Morgan fingerprint density at radius 1 is 1.30 bits per heavy atom. The Morgan fingerprint density at radius 3 is 2.63 bits per heavy atom. The highest BCUT2D eigenvalue weighted by Gasteiger charge is 2.19. The van der Waals surface area contributed by atoms with E-state index in [9.17, 15) is 4.79 Å². The van der Waals surface area contributed by atoms with E-state index in [4.69, 9.17) is 27.6 Å². The molecule has 27 heavy (non-hydrogen) atoms. The average Bonchev–Trinajstić information content (AvgIpc) is 2.99. The topological polar surface area (TPSA) is 55.1 Å². The van der Waals surface area contributed by atoms with Crippen LogP contribution in [-0.2, 0) is 4.79 Å². The smallest absolute Gasteiger partial charge is 0.252 e. The molecule has 2 aromatic heterocycles. The first-order chi connectivity index (χ1) is 12.9. The fourth-order valence-corrected chi connectivity index (χ4v) is 3.52. The Morgan fingerprint density at radius 2 is 2.00 bits per heavy atom. The number of nitrogens with zero attached hydrogens (tertiary/aromatic N) is 1. The number of furan rings is 1. The number of aromatic nitrogens is 1. The Labute approximate surface area is 168 Å². The summed E-state index contributed by atoms with van der Waals surface area (Å²) >= 11 is 12.3. The second-order valence-corrected chi connectivity index (χ2v) is 7.65. The number of hydrogen-bond donors (Lipinski definition) is 1. The largest absolute Gasteiger partial charge is 0.461 e. The second kappa shape index (κ2) is 8.32. The average molecular weight is 405 g/mol. The van der Waals surface area contributed by atoms with Crippen LogP contribution in [0.4, 0.5) is 5.69 Å². The van der Waals surface area contributed by atoms with Crippen LogP contribution >= 0.6 is 23.2 Å². The van der Waals surface area contributed by atoms with Gasteiger partial charge < -0.3 is 9.73 Å². The summed E-state index contributed by atoms with van der Waals surface area (Å²) in [7, 11) is 0. The third kappa shape index (κ3) is 4.12. The first-order valence-electron chi connectivity index (χ1n) is 9.05. The van der Waals surface area contributed by atoms with Crippen LogP contribution in [-0.4, -0.2) is 10.9 Å². The number of hydrogen-bond acceptors (Lipinski definition) is 3. The molecule has 0 aliphatic heterocycles. The molecule has 4 nitrogen and oxygen atoms in total. The highest BCUT2D eigenvalue weighted by atomic mass is 35.5. The van der Waals surface area contributed by atoms with Crippen molar-refractivity contribution < 1.29 is 9.21 Å². The van der Waals surface area contributed by atoms with Crippen LogP contribution in [0.25, 0.3) is 11.1 Å². The van der Waals surface area contributed by atoms with Crippen LogP contribution in [0.1, 0.15) is 51.7 Å². The van der Waals surface area contributed by atoms with E-state index in [1.54, 1.807) is 0 Å². The lowest BCUT2D eigenvalue weighted by molar-refractivity contribution is -0.111. The molecular weight excluding hydrogens is 383 g/mol. The van der Waals surface area contributed by atoms with E-state index in [2.05, 4.69) is 37.1 Å². The molecule has 0 saturated carbocycles. The molecule has 0 radical (unpaired) electrons. The molecule has 0 unspecified atom stereocenters. The van der Waals surface area contributed by atoms with E-state index < -0.39 is 0 Å². The molecule has 6 heteroatoms. The molecule has 0 atom stereocenters. The van der Waals surface area contributed by atoms with E-state index in [1.807, 2.05) is 12.1 Å². The minimum Gasteiger partial charge on any atom is -0.461 e. The van der Waals surface area contributed by atoms with E-state index >= 15 is 0 Å². The summed E-state index contributed by atoms with van der Waals surface area (Å²) in [5.74, 6) is 0.858. The molecule has 0 saturated heterocycles. The van der Waals surface area contributed by atoms with Gasteiger partial charge in [0.2, 0.25) is 0 Å². The zero-order chi connectivity index (χ0) is 19.6. The normalized spacial score (nSPS) is 13.7. The molecule has 2 aromatic rings. The maximum atomic E-state index is 13.1. The number of nitrogens with one attached hydrogen (secondary N) is 1. The molecular formula is C21H22Cl2N2O2. The number of rotatable bonds is 5. The number of halogens is 2. The summed E-state index contributed by atoms with van der Waals surface area (Å²) in [6.45, 7) is 6.27. The minimum atomic E-state index is -0.246. The second-order valence-electron chi connectivity index (χ2n) is 6.84. The standard InChI is InChI=1S/C21H22Cl2N2O2/c1-4-6-13-7-5-8-14(15-9-18(12(2)3)27-20(13)15)21(26)25-19-16(22)10-24-11-17(19)23/h5,7,9-12H,4,6,8H2,1-3H3,(H,24,25,26). The number of allylic oxidation sites excluding steroid dienone is 2. The van der Waals surface area contributed by atoms with Crippen LogP contribution in [0.3, 0.4) is 0 Å². The van der Waals surface area contributed by atoms with Crippen molar-refractivity contribution >= 4 is 45.9 Å². The highest BCUT2D eigenvalue weighted by Crippen LogP contribution is 2.29. The molecule has 0 aromatic carbocycles. The van der Waals surface area contributed by atoms with Gasteiger partial charge in [-0.15, -0.1) is 0 Å². The summed E-state index contributed by atoms with van der Waals surface area (Å²) < 4.78 is 6.14. The number of carbonyl (C=O) groups excluding carboxylic acids is 1. The highest BCUT2D eigenvalue weighted by molar-refractivity contribution is 6.40. The van der Waals surface area contributed by atoms with Crippen LogP contribution in [0.15, 0.2) is 35.0 Å². The molecule has 0 fully saturated rings. The zero-order valence-corrected chi connectivity index (χ0v) is 17.1. The van der Waals surface area contributed by atoms with Crippen molar-refractivity contribution in [2.24, 2.45) is 0 Å². The minimum absolute atomic E-state index is 0.234. The molecule has 3 rings (SSSR count). The molecule has 1 N–H and O–H groups in total. The lowest BCUT2D eigenvalue weighted by Crippen LogP contribution is -2.29. The predicted octanol–water partition coefficient (Wildman–Crippen LogP) is 4.80. The van der Waals surface area contributed by atoms with E-state index in [0.717, 1.165) is 34.8 Å². The predicted molar refractivity (Wildman–Crippen MR) is 110 cm³/mol. The number of fused-ring (bicyclic) bond motifs is 1. The van der Waals surface area contributed by atoms with Gasteiger partial charge in [-0.25, -0.2) is 0 Å². The molecule has 1 aliphatic rings. The SMILES string of the molecule is CCCC1=c2oc(C(C)C)cc2=C(C(=O)Nc2c(Cl)cncc2Cl)CC=C1. The Bertz CT molecular complexity index is 999. The van der Waals surface area contributed by atoms with Gasteiger partial charge in [-0.1, -0.05) is 62.5 Å². The molecule has 0 bridgehead atoms. The lowest BCUT2D eigenvalue weighted by Gasteiger charge is -2.09. The third-order valence-corrected chi connectivity index (χ3v) is 5.04. The van der Waals surface area contributed by atoms with Gasteiger partial charge in [0, 0.05) is 29.1 Å². The van der Waals surface area contributed by atoms with Crippen LogP contribution < -0.4 is 16.0 Å². The van der Waals surface area contributed by atoms with Gasteiger partial charge in [0.1, 0.15) is 11.2 Å². The molecule has 1 amide bonds. The van der Waals surface area contributed by atoms with Gasteiger partial charge in [-0.05, 0) is 24.5 Å². The maximum Gasteiger partial charge on any atom is 0.252 e. The fraction of sp³-hybridized carbons (Fsp3) is 0.333. The van der Waals surface area contributed by atoms with Crippen molar-refractivity contribution in [2.45, 2.75) is 46.0 Å². The Balaban J connectivity index is 2.15. The maximum absolute atomic E-state index is 13.1. The van der Waals surface area contributed by atoms with Crippen LogP contribution in [0, 0.1) is 0 Å². The first-order valence-corrected chi connectivity index (χ1v) is 9.81. The van der Waals surface area contributed by atoms with Gasteiger partial charge in [0.15, 0.2) is 0 Å². The van der Waals surface area contributed by atoms with E-state index in [-0.39, 0.29) is 11.8 Å². The van der Waals surface area contributed by atoms with Crippen molar-refractivity contribution in [2.75, 3.05) is 5.32 Å². The van der Waals surface area contributed by atoms with Crippen molar-refractivity contribution in [3.8, 4) is 0 Å². The van der Waals surface area contributed by atoms with E-state index in [0.29, 0.717) is 27.7 Å². The summed E-state index contributed by atoms with van der Waals surface area (Å²) in [6, 6.07) is 1.98. The van der Waals surface area contributed by atoms with Gasteiger partial charge >= 0.3 is 0 Å². The quantitative estimate of drug-likeness (QED) is 0.777. The molecule has 1 aliphatic carbocycles. The van der Waals surface area contributed by atoms with Crippen molar-refractivity contribution in [1.82, 2.24) is 4.98 Å². The summed E-state index contributed by atoms with van der Waals surface area (Å²) in [5, 5.41) is 4.28. The third-order valence-electron chi connectivity index (χ3n) is 4.46. The van der Waals surface area contributed by atoms with Gasteiger partial charge in [-0.3, -0.25) is 9.78 Å². The number of anilines is 1. The number of carbonyl (C=O) groups is 1. The van der Waals surface area contributed by atoms with Gasteiger partial charge in [0.25, 0.3) is 5.91 Å². The summed E-state index contributed by atoms with van der Waals surface area (Å²) in [4.78, 5) is 17.0. The molecule has 142 valence electrons. The zero-order valence-electron chi connectivity index (χ0n) is 15.6. The van der Waals surface area contributed by atoms with Crippen LogP contribution in [0.5, 0.6) is 0 Å². The lowest BCUT2D eigenvalue weighted by atomic mass is 10.1.